The first-order valence-corrected chi connectivity index (χ1v) is 10.3. The zero-order valence-electron chi connectivity index (χ0n) is 16.5. The van der Waals surface area contributed by atoms with E-state index in [2.05, 4.69) is 20.6 Å². The van der Waals surface area contributed by atoms with Crippen molar-refractivity contribution in [2.75, 3.05) is 17.7 Å². The third-order valence-corrected chi connectivity index (χ3v) is 5.61. The topological polar surface area (TPSA) is 76.1 Å². The number of carbonyl (C=O) groups excluding carboxylic acids is 1. The average Bonchev–Trinajstić information content (AvgIpc) is 2.70. The normalized spacial score (nSPS) is 15.5. The standard InChI is InChI=1S/C22H20Cl2N4O2/c1-12-9-18-20(19(29)10-12)21(25-14-5-8-16(23)17(24)11-14)28-22(27-18)26-13-3-6-15(30-2)7-4-13/h3-8,11-12H,9-10H2,1-2H3,(H2,25,26,27,28). The van der Waals surface area contributed by atoms with Crippen molar-refractivity contribution >= 4 is 52.1 Å². The van der Waals surface area contributed by atoms with Crippen LogP contribution in [0.2, 0.25) is 10.0 Å². The molecule has 4 rings (SSSR count). The van der Waals surface area contributed by atoms with Gasteiger partial charge in [-0.05, 0) is 54.8 Å². The van der Waals surface area contributed by atoms with Gasteiger partial charge in [-0.25, -0.2) is 4.98 Å². The van der Waals surface area contributed by atoms with Crippen molar-refractivity contribution in [1.82, 2.24) is 9.97 Å². The summed E-state index contributed by atoms with van der Waals surface area (Å²) in [6.45, 7) is 2.05. The lowest BCUT2D eigenvalue weighted by atomic mass is 9.87. The summed E-state index contributed by atoms with van der Waals surface area (Å²) in [4.78, 5) is 22.0. The van der Waals surface area contributed by atoms with Crippen LogP contribution in [0.3, 0.4) is 0 Å². The molecule has 1 atom stereocenters. The second-order valence-corrected chi connectivity index (χ2v) is 8.08. The molecule has 0 fully saturated rings. The number of benzene rings is 2. The van der Waals surface area contributed by atoms with Crippen molar-refractivity contribution in [2.24, 2.45) is 5.92 Å². The van der Waals surface area contributed by atoms with E-state index in [0.29, 0.717) is 45.9 Å². The van der Waals surface area contributed by atoms with Crippen LogP contribution in [-0.2, 0) is 6.42 Å². The van der Waals surface area contributed by atoms with Gasteiger partial charge in [0.2, 0.25) is 5.95 Å². The van der Waals surface area contributed by atoms with Crippen LogP contribution in [0.1, 0.15) is 29.4 Å². The van der Waals surface area contributed by atoms with Gasteiger partial charge >= 0.3 is 0 Å². The highest BCUT2D eigenvalue weighted by molar-refractivity contribution is 6.42. The van der Waals surface area contributed by atoms with Gasteiger partial charge in [-0.3, -0.25) is 4.79 Å². The van der Waals surface area contributed by atoms with Crippen LogP contribution in [0.25, 0.3) is 0 Å². The first-order valence-electron chi connectivity index (χ1n) is 9.50. The minimum atomic E-state index is 0.0299. The first kappa shape index (κ1) is 20.4. The number of carbonyl (C=O) groups is 1. The number of hydrogen-bond donors (Lipinski definition) is 2. The predicted molar refractivity (Wildman–Crippen MR) is 120 cm³/mol. The lowest BCUT2D eigenvalue weighted by molar-refractivity contribution is 0.0953. The van der Waals surface area contributed by atoms with E-state index in [-0.39, 0.29) is 11.7 Å². The van der Waals surface area contributed by atoms with Crippen LogP contribution < -0.4 is 15.4 Å². The van der Waals surface area contributed by atoms with Crippen molar-refractivity contribution in [3.05, 3.63) is 63.8 Å². The second-order valence-electron chi connectivity index (χ2n) is 7.26. The summed E-state index contributed by atoms with van der Waals surface area (Å²) in [7, 11) is 1.62. The molecular formula is C22H20Cl2N4O2. The van der Waals surface area contributed by atoms with Crippen LogP contribution in [-0.4, -0.2) is 22.9 Å². The monoisotopic (exact) mass is 442 g/mol. The van der Waals surface area contributed by atoms with Gasteiger partial charge in [0.05, 0.1) is 28.4 Å². The number of hydrogen-bond acceptors (Lipinski definition) is 6. The van der Waals surface area contributed by atoms with Crippen molar-refractivity contribution < 1.29 is 9.53 Å². The fourth-order valence-corrected chi connectivity index (χ4v) is 3.73. The number of nitrogens with zero attached hydrogens (tertiary/aromatic N) is 2. The number of fused-ring (bicyclic) bond motifs is 1. The molecule has 1 aliphatic rings. The Morgan fingerprint density at radius 2 is 1.70 bits per heavy atom. The molecule has 0 spiro atoms. The van der Waals surface area contributed by atoms with Crippen LogP contribution >= 0.6 is 23.2 Å². The van der Waals surface area contributed by atoms with Crippen molar-refractivity contribution in [2.45, 2.75) is 19.8 Å². The Kier molecular flexibility index (Phi) is 5.79. The maximum atomic E-state index is 12.8. The Morgan fingerprint density at radius 3 is 2.40 bits per heavy atom. The Morgan fingerprint density at radius 1 is 0.967 bits per heavy atom. The number of ether oxygens (including phenoxy) is 1. The lowest BCUT2D eigenvalue weighted by Crippen LogP contribution is -2.22. The molecule has 1 heterocycles. The summed E-state index contributed by atoms with van der Waals surface area (Å²) in [5.74, 6) is 1.87. The fraction of sp³-hybridized carbons (Fsp3) is 0.227. The van der Waals surface area contributed by atoms with Crippen LogP contribution in [0, 0.1) is 5.92 Å². The van der Waals surface area contributed by atoms with Gasteiger partial charge < -0.3 is 15.4 Å². The van der Waals surface area contributed by atoms with Gasteiger partial charge in [-0.15, -0.1) is 0 Å². The largest absolute Gasteiger partial charge is 0.497 e. The summed E-state index contributed by atoms with van der Waals surface area (Å²) in [5.41, 5.74) is 2.75. The van der Waals surface area contributed by atoms with Crippen molar-refractivity contribution in [1.29, 1.82) is 0 Å². The number of nitrogens with one attached hydrogen (secondary N) is 2. The van der Waals surface area contributed by atoms with E-state index in [9.17, 15) is 4.79 Å². The van der Waals surface area contributed by atoms with E-state index in [1.165, 1.54) is 0 Å². The molecule has 0 saturated heterocycles. The lowest BCUT2D eigenvalue weighted by Gasteiger charge is -2.23. The third-order valence-electron chi connectivity index (χ3n) is 4.87. The average molecular weight is 443 g/mol. The Balaban J connectivity index is 1.72. The predicted octanol–water partition coefficient (Wildman–Crippen LogP) is 6.04. The Labute approximate surface area is 184 Å². The molecule has 2 aromatic carbocycles. The summed E-state index contributed by atoms with van der Waals surface area (Å²) in [6, 6.07) is 12.6. The second kappa shape index (κ2) is 8.50. The van der Waals surface area contributed by atoms with Gasteiger partial charge in [-0.1, -0.05) is 30.1 Å². The molecule has 2 N–H and O–H groups in total. The van der Waals surface area contributed by atoms with E-state index in [1.807, 2.05) is 31.2 Å². The summed E-state index contributed by atoms with van der Waals surface area (Å²) in [5, 5.41) is 7.30. The maximum Gasteiger partial charge on any atom is 0.229 e. The van der Waals surface area contributed by atoms with Gasteiger partial charge in [-0.2, -0.15) is 4.98 Å². The maximum absolute atomic E-state index is 12.8. The van der Waals surface area contributed by atoms with Gasteiger partial charge in [0, 0.05) is 17.8 Å². The zero-order valence-corrected chi connectivity index (χ0v) is 18.0. The van der Waals surface area contributed by atoms with Crippen LogP contribution in [0.5, 0.6) is 5.75 Å². The highest BCUT2D eigenvalue weighted by Crippen LogP contribution is 2.33. The Bertz CT molecular complexity index is 1100. The van der Waals surface area contributed by atoms with Gasteiger partial charge in [0.15, 0.2) is 5.78 Å². The molecule has 8 heteroatoms. The quantitative estimate of drug-likeness (QED) is 0.501. The van der Waals surface area contributed by atoms with Crippen molar-refractivity contribution in [3.8, 4) is 5.75 Å². The smallest absolute Gasteiger partial charge is 0.229 e. The zero-order chi connectivity index (χ0) is 21.3. The molecule has 0 amide bonds. The summed E-state index contributed by atoms with van der Waals surface area (Å²) < 4.78 is 5.19. The summed E-state index contributed by atoms with van der Waals surface area (Å²) >= 11 is 12.2. The number of aromatic nitrogens is 2. The molecule has 0 radical (unpaired) electrons. The molecular weight excluding hydrogens is 423 g/mol. The minimum Gasteiger partial charge on any atom is -0.497 e. The van der Waals surface area contributed by atoms with Crippen LogP contribution in [0.4, 0.5) is 23.1 Å². The number of anilines is 4. The minimum absolute atomic E-state index is 0.0299. The number of rotatable bonds is 5. The fourth-order valence-electron chi connectivity index (χ4n) is 3.43. The third kappa shape index (κ3) is 4.35. The van der Waals surface area contributed by atoms with Gasteiger partial charge in [0.1, 0.15) is 11.6 Å². The molecule has 3 aromatic rings. The van der Waals surface area contributed by atoms with Crippen molar-refractivity contribution in [3.63, 3.8) is 0 Å². The molecule has 1 unspecified atom stereocenters. The molecule has 0 saturated carbocycles. The molecule has 1 aliphatic carbocycles. The molecule has 0 bridgehead atoms. The Hall–Kier alpha value is -2.83. The molecule has 154 valence electrons. The number of ketones is 1. The molecule has 1 aromatic heterocycles. The van der Waals surface area contributed by atoms with E-state index in [1.54, 1.807) is 25.3 Å². The van der Waals surface area contributed by atoms with Crippen LogP contribution in [0.15, 0.2) is 42.5 Å². The number of halogens is 2. The van der Waals surface area contributed by atoms with E-state index in [4.69, 9.17) is 27.9 Å². The number of Topliss-reactive ketones (excluding diaryl/α,β-unsaturated/α-hetero) is 1. The van der Waals surface area contributed by atoms with E-state index in [0.717, 1.165) is 17.1 Å². The first-order chi connectivity index (χ1) is 14.4. The van der Waals surface area contributed by atoms with E-state index >= 15 is 0 Å². The SMILES string of the molecule is COc1ccc(Nc2nc3c(c(Nc4ccc(Cl)c(Cl)c4)n2)C(=O)CC(C)C3)cc1. The summed E-state index contributed by atoms with van der Waals surface area (Å²) in [6.07, 6.45) is 1.18. The highest BCUT2D eigenvalue weighted by Gasteiger charge is 2.28. The van der Waals surface area contributed by atoms with E-state index < -0.39 is 0 Å². The number of methoxy groups -OCH3 is 1. The molecule has 0 aliphatic heterocycles. The molecule has 6 nitrogen and oxygen atoms in total. The highest BCUT2D eigenvalue weighted by atomic mass is 35.5. The molecule has 30 heavy (non-hydrogen) atoms. The van der Waals surface area contributed by atoms with Gasteiger partial charge in [0.25, 0.3) is 0 Å².